The summed E-state index contributed by atoms with van der Waals surface area (Å²) in [6, 6.07) is 9.62. The van der Waals surface area contributed by atoms with Gasteiger partial charge in [0.1, 0.15) is 18.5 Å². The summed E-state index contributed by atoms with van der Waals surface area (Å²) in [4.78, 5) is 21.0. The summed E-state index contributed by atoms with van der Waals surface area (Å²) in [5.74, 6) is -0.104. The standard InChI is InChI=1S/C18H18FN7O/c19-14-5-3-12(4-6-14)16-15(9-23-25-16)18(27)22-8-13-2-1-7-21-17(13)26-11-20-10-24-26/h1-7,10-11,15-16,23,25H,8-9H2,(H,22,27). The van der Waals surface area contributed by atoms with E-state index in [1.54, 1.807) is 29.3 Å². The van der Waals surface area contributed by atoms with Crippen LogP contribution in [0.1, 0.15) is 17.2 Å². The molecule has 138 valence electrons. The summed E-state index contributed by atoms with van der Waals surface area (Å²) < 4.78 is 14.7. The van der Waals surface area contributed by atoms with E-state index >= 15 is 0 Å². The number of hydrazine groups is 1. The van der Waals surface area contributed by atoms with Gasteiger partial charge in [-0.25, -0.2) is 24.5 Å². The van der Waals surface area contributed by atoms with Crippen molar-refractivity contribution in [2.45, 2.75) is 12.6 Å². The molecular weight excluding hydrogens is 349 g/mol. The van der Waals surface area contributed by atoms with E-state index in [1.807, 2.05) is 12.1 Å². The fraction of sp³-hybridized carbons (Fsp3) is 0.222. The Hall–Kier alpha value is -3.17. The number of aromatic nitrogens is 4. The van der Waals surface area contributed by atoms with E-state index in [1.165, 1.54) is 18.5 Å². The SMILES string of the molecule is O=C(NCc1cccnc1-n1cncn1)C1CNNC1c1ccc(F)cc1. The molecule has 0 bridgehead atoms. The van der Waals surface area contributed by atoms with Gasteiger partial charge in [0.25, 0.3) is 0 Å². The third-order valence-electron chi connectivity index (χ3n) is 4.50. The maximum atomic E-state index is 13.2. The lowest BCUT2D eigenvalue weighted by atomic mass is 9.94. The minimum Gasteiger partial charge on any atom is -0.352 e. The van der Waals surface area contributed by atoms with Crippen molar-refractivity contribution in [2.75, 3.05) is 6.54 Å². The van der Waals surface area contributed by atoms with Crippen molar-refractivity contribution in [1.29, 1.82) is 0 Å². The second kappa shape index (κ2) is 7.60. The summed E-state index contributed by atoms with van der Waals surface area (Å²) in [6.07, 6.45) is 4.65. The zero-order valence-corrected chi connectivity index (χ0v) is 14.3. The van der Waals surface area contributed by atoms with E-state index in [4.69, 9.17) is 0 Å². The highest BCUT2D eigenvalue weighted by Gasteiger charge is 2.33. The van der Waals surface area contributed by atoms with E-state index in [-0.39, 0.29) is 23.7 Å². The smallest absolute Gasteiger partial charge is 0.226 e. The van der Waals surface area contributed by atoms with Crippen molar-refractivity contribution in [3.8, 4) is 5.82 Å². The molecule has 1 aliphatic heterocycles. The molecule has 0 radical (unpaired) electrons. The van der Waals surface area contributed by atoms with Crippen LogP contribution >= 0.6 is 0 Å². The monoisotopic (exact) mass is 367 g/mol. The van der Waals surface area contributed by atoms with Gasteiger partial charge in [-0.3, -0.25) is 10.2 Å². The van der Waals surface area contributed by atoms with Gasteiger partial charge in [0.2, 0.25) is 5.91 Å². The Bertz CT molecular complexity index is 914. The van der Waals surface area contributed by atoms with E-state index < -0.39 is 0 Å². The number of carbonyl (C=O) groups excluding carboxylic acids is 1. The molecule has 2 aromatic heterocycles. The Morgan fingerprint density at radius 3 is 2.93 bits per heavy atom. The van der Waals surface area contributed by atoms with E-state index in [0.717, 1.165) is 11.1 Å². The number of nitrogens with one attached hydrogen (secondary N) is 3. The molecule has 2 unspecified atom stereocenters. The molecule has 1 saturated heterocycles. The molecule has 1 fully saturated rings. The van der Waals surface area contributed by atoms with Crippen molar-refractivity contribution in [1.82, 2.24) is 35.9 Å². The largest absolute Gasteiger partial charge is 0.352 e. The predicted molar refractivity (Wildman–Crippen MR) is 94.8 cm³/mol. The third kappa shape index (κ3) is 3.69. The van der Waals surface area contributed by atoms with Crippen molar-refractivity contribution < 1.29 is 9.18 Å². The molecule has 8 nitrogen and oxygen atoms in total. The van der Waals surface area contributed by atoms with Gasteiger partial charge in [0, 0.05) is 24.8 Å². The van der Waals surface area contributed by atoms with Crippen LogP contribution in [-0.2, 0) is 11.3 Å². The Labute approximate surface area is 154 Å². The Morgan fingerprint density at radius 1 is 1.30 bits per heavy atom. The lowest BCUT2D eigenvalue weighted by Gasteiger charge is -2.19. The van der Waals surface area contributed by atoms with Crippen LogP contribution in [0.3, 0.4) is 0 Å². The molecule has 0 spiro atoms. The van der Waals surface area contributed by atoms with E-state index in [0.29, 0.717) is 18.9 Å². The van der Waals surface area contributed by atoms with E-state index in [9.17, 15) is 9.18 Å². The molecule has 3 aromatic rings. The highest BCUT2D eigenvalue weighted by atomic mass is 19.1. The van der Waals surface area contributed by atoms with Gasteiger partial charge in [-0.1, -0.05) is 18.2 Å². The number of nitrogens with zero attached hydrogens (tertiary/aromatic N) is 4. The number of pyridine rings is 1. The van der Waals surface area contributed by atoms with Crippen LogP contribution in [0.4, 0.5) is 4.39 Å². The summed E-state index contributed by atoms with van der Waals surface area (Å²) in [6.45, 7) is 0.797. The Balaban J connectivity index is 1.46. The van der Waals surface area contributed by atoms with Gasteiger partial charge in [0.15, 0.2) is 5.82 Å². The van der Waals surface area contributed by atoms with Gasteiger partial charge in [-0.05, 0) is 23.8 Å². The number of carbonyl (C=O) groups is 1. The quantitative estimate of drug-likeness (QED) is 0.620. The number of hydrogen-bond acceptors (Lipinski definition) is 6. The highest BCUT2D eigenvalue weighted by Crippen LogP contribution is 2.25. The lowest BCUT2D eigenvalue weighted by molar-refractivity contribution is -0.125. The molecule has 0 aliphatic carbocycles. The predicted octanol–water partition coefficient (Wildman–Crippen LogP) is 0.883. The van der Waals surface area contributed by atoms with Crippen LogP contribution in [0.2, 0.25) is 0 Å². The minimum atomic E-state index is -0.318. The van der Waals surface area contributed by atoms with Crippen LogP contribution < -0.4 is 16.2 Å². The topological polar surface area (TPSA) is 96.8 Å². The number of halogens is 1. The highest BCUT2D eigenvalue weighted by molar-refractivity contribution is 5.80. The first-order valence-electron chi connectivity index (χ1n) is 8.53. The second-order valence-electron chi connectivity index (χ2n) is 6.20. The molecule has 27 heavy (non-hydrogen) atoms. The first-order valence-corrected chi connectivity index (χ1v) is 8.53. The van der Waals surface area contributed by atoms with Gasteiger partial charge in [-0.15, -0.1) is 0 Å². The van der Waals surface area contributed by atoms with Gasteiger partial charge in [0.05, 0.1) is 12.0 Å². The molecule has 0 saturated carbocycles. The zero-order chi connectivity index (χ0) is 18.6. The maximum Gasteiger partial charge on any atom is 0.226 e. The molecule has 1 aromatic carbocycles. The lowest BCUT2D eigenvalue weighted by Crippen LogP contribution is -2.35. The van der Waals surface area contributed by atoms with Crippen LogP contribution in [0.25, 0.3) is 5.82 Å². The number of rotatable bonds is 5. The summed E-state index contributed by atoms with van der Waals surface area (Å²) in [7, 11) is 0. The molecule has 3 N–H and O–H groups in total. The molecular formula is C18H18FN7O. The maximum absolute atomic E-state index is 13.2. The summed E-state index contributed by atoms with van der Waals surface area (Å²) in [5, 5.41) is 7.05. The van der Waals surface area contributed by atoms with Gasteiger partial charge in [-0.2, -0.15) is 5.10 Å². The average Bonchev–Trinajstić information content (AvgIpc) is 3.39. The third-order valence-corrected chi connectivity index (χ3v) is 4.50. The summed E-state index contributed by atoms with van der Waals surface area (Å²) >= 11 is 0. The van der Waals surface area contributed by atoms with Crippen LogP contribution in [-0.4, -0.2) is 32.2 Å². The molecule has 1 aliphatic rings. The van der Waals surface area contributed by atoms with E-state index in [2.05, 4.69) is 31.2 Å². The second-order valence-corrected chi connectivity index (χ2v) is 6.20. The first kappa shape index (κ1) is 17.3. The van der Waals surface area contributed by atoms with Gasteiger partial charge < -0.3 is 5.32 Å². The Kier molecular flexibility index (Phi) is 4.86. The molecule has 3 heterocycles. The first-order chi connectivity index (χ1) is 13.2. The Morgan fingerprint density at radius 2 is 2.15 bits per heavy atom. The molecule has 9 heteroatoms. The van der Waals surface area contributed by atoms with Crippen molar-refractivity contribution in [3.63, 3.8) is 0 Å². The fourth-order valence-electron chi connectivity index (χ4n) is 3.13. The fourth-order valence-corrected chi connectivity index (χ4v) is 3.13. The molecule has 4 rings (SSSR count). The van der Waals surface area contributed by atoms with Gasteiger partial charge >= 0.3 is 0 Å². The minimum absolute atomic E-state index is 0.102. The zero-order valence-electron chi connectivity index (χ0n) is 14.3. The summed E-state index contributed by atoms with van der Waals surface area (Å²) in [5.41, 5.74) is 7.78. The average molecular weight is 367 g/mol. The number of amides is 1. The normalized spacial score (nSPS) is 19.1. The van der Waals surface area contributed by atoms with Crippen molar-refractivity contribution in [2.24, 2.45) is 5.92 Å². The molecule has 2 atom stereocenters. The molecule has 1 amide bonds. The van der Waals surface area contributed by atoms with Crippen LogP contribution in [0.5, 0.6) is 0 Å². The van der Waals surface area contributed by atoms with Crippen LogP contribution in [0, 0.1) is 11.7 Å². The number of hydrogen-bond donors (Lipinski definition) is 3. The van der Waals surface area contributed by atoms with Crippen molar-refractivity contribution in [3.05, 3.63) is 72.2 Å². The van der Waals surface area contributed by atoms with Crippen molar-refractivity contribution >= 4 is 5.91 Å². The number of benzene rings is 1. The van der Waals surface area contributed by atoms with Crippen LogP contribution in [0.15, 0.2) is 55.2 Å².